The van der Waals surface area contributed by atoms with E-state index in [-0.39, 0.29) is 6.04 Å². The van der Waals surface area contributed by atoms with Crippen molar-refractivity contribution in [2.75, 3.05) is 13.2 Å². The Hall–Kier alpha value is -0.850. The summed E-state index contributed by atoms with van der Waals surface area (Å²) in [7, 11) is 0. The fraction of sp³-hybridized carbons (Fsp3) is 0.571. The zero-order chi connectivity index (χ0) is 7.40. The van der Waals surface area contributed by atoms with Crippen LogP contribution in [0.3, 0.4) is 0 Å². The predicted molar refractivity (Wildman–Crippen MR) is 36.9 cm³/mol. The zero-order valence-corrected chi connectivity index (χ0v) is 5.95. The third kappa shape index (κ3) is 1.83. The average molecular weight is 138 g/mol. The second-order valence-corrected chi connectivity index (χ2v) is 2.11. The van der Waals surface area contributed by atoms with E-state index in [1.807, 2.05) is 19.1 Å². The van der Waals surface area contributed by atoms with Crippen molar-refractivity contribution in [1.29, 1.82) is 5.26 Å². The number of rotatable bonds is 3. The van der Waals surface area contributed by atoms with Crippen molar-refractivity contribution in [3.63, 3.8) is 0 Å². The second-order valence-electron chi connectivity index (χ2n) is 2.11. The molecule has 1 rings (SSSR count). The average Bonchev–Trinajstić information content (AvgIpc) is 2.68. The van der Waals surface area contributed by atoms with E-state index in [1.165, 1.54) is 0 Å². The van der Waals surface area contributed by atoms with Gasteiger partial charge in [0.2, 0.25) is 0 Å². The van der Waals surface area contributed by atoms with E-state index < -0.39 is 0 Å². The van der Waals surface area contributed by atoms with Crippen LogP contribution in [-0.4, -0.2) is 24.3 Å². The Labute approximate surface area is 60.5 Å². The third-order valence-electron chi connectivity index (χ3n) is 1.29. The molecule has 0 bridgehead atoms. The first-order valence-corrected chi connectivity index (χ1v) is 3.29. The van der Waals surface area contributed by atoms with Gasteiger partial charge in [-0.2, -0.15) is 10.3 Å². The highest BCUT2D eigenvalue weighted by Crippen LogP contribution is 2.15. The summed E-state index contributed by atoms with van der Waals surface area (Å²) in [5, 5.41) is 10.0. The Bertz CT molecular complexity index is 171. The minimum Gasteiger partial charge on any atom is -0.293 e. The van der Waals surface area contributed by atoms with Crippen LogP contribution in [0.15, 0.2) is 12.2 Å². The van der Waals surface area contributed by atoms with Gasteiger partial charge < -0.3 is 0 Å². The number of nitriles is 1. The summed E-state index contributed by atoms with van der Waals surface area (Å²) >= 11 is 0. The summed E-state index contributed by atoms with van der Waals surface area (Å²) < 4.78 is 0. The van der Waals surface area contributed by atoms with Gasteiger partial charge in [0.05, 0.1) is 19.2 Å². The minimum atomic E-state index is 0.00487. The lowest BCUT2D eigenvalue weighted by Crippen LogP contribution is -2.01. The van der Waals surface area contributed by atoms with Crippen molar-refractivity contribution < 1.29 is 4.84 Å². The lowest BCUT2D eigenvalue weighted by molar-refractivity contribution is -0.0546. The Morgan fingerprint density at radius 2 is 2.70 bits per heavy atom. The van der Waals surface area contributed by atoms with Gasteiger partial charge in [0.1, 0.15) is 6.04 Å². The summed E-state index contributed by atoms with van der Waals surface area (Å²) in [6, 6.07) is 2.10. The molecule has 0 N–H and O–H groups in total. The van der Waals surface area contributed by atoms with E-state index in [0.29, 0.717) is 6.61 Å². The van der Waals surface area contributed by atoms with Crippen LogP contribution in [0.2, 0.25) is 0 Å². The summed E-state index contributed by atoms with van der Waals surface area (Å²) in [4.78, 5) is 5.12. The van der Waals surface area contributed by atoms with Gasteiger partial charge in [-0.25, -0.2) is 0 Å². The van der Waals surface area contributed by atoms with Crippen molar-refractivity contribution in [2.45, 2.75) is 13.0 Å². The van der Waals surface area contributed by atoms with Crippen LogP contribution >= 0.6 is 0 Å². The van der Waals surface area contributed by atoms with E-state index in [0.717, 1.165) is 6.54 Å². The number of hydroxylamine groups is 2. The van der Waals surface area contributed by atoms with Crippen LogP contribution in [0.4, 0.5) is 0 Å². The normalized spacial score (nSPS) is 30.4. The first-order chi connectivity index (χ1) is 4.88. The second kappa shape index (κ2) is 3.35. The first-order valence-electron chi connectivity index (χ1n) is 3.29. The Morgan fingerprint density at radius 1 is 1.90 bits per heavy atom. The molecule has 2 atom stereocenters. The molecule has 3 heteroatoms. The molecule has 0 aromatic carbocycles. The Balaban J connectivity index is 2.03. The summed E-state index contributed by atoms with van der Waals surface area (Å²) in [6.07, 6.45) is 3.83. The zero-order valence-electron chi connectivity index (χ0n) is 5.95. The van der Waals surface area contributed by atoms with Gasteiger partial charge in [0, 0.05) is 0 Å². The lowest BCUT2D eigenvalue weighted by Gasteiger charge is -1.96. The molecular formula is C7H10N2O. The standard InChI is InChI=1S/C7H10N2O/c1-2-3-4-10-9-6-7(9)5-8/h2-3,7H,4,6H2,1H3/b3-2+. The first kappa shape index (κ1) is 7.26. The highest BCUT2D eigenvalue weighted by atomic mass is 16.7. The van der Waals surface area contributed by atoms with Crippen molar-refractivity contribution >= 4 is 0 Å². The minimum absolute atomic E-state index is 0.00487. The van der Waals surface area contributed by atoms with Crippen LogP contribution in [0.1, 0.15) is 6.92 Å². The van der Waals surface area contributed by atoms with Crippen molar-refractivity contribution in [2.24, 2.45) is 0 Å². The molecule has 0 aromatic rings. The highest BCUT2D eigenvalue weighted by molar-refractivity contribution is 5.02. The monoisotopic (exact) mass is 138 g/mol. The largest absolute Gasteiger partial charge is 0.293 e. The molecule has 54 valence electrons. The smallest absolute Gasteiger partial charge is 0.137 e. The molecule has 1 aliphatic rings. The number of hydrogen-bond acceptors (Lipinski definition) is 3. The van der Waals surface area contributed by atoms with Crippen molar-refractivity contribution in [1.82, 2.24) is 5.06 Å². The molecular weight excluding hydrogens is 128 g/mol. The van der Waals surface area contributed by atoms with Crippen LogP contribution in [0, 0.1) is 11.3 Å². The molecule has 2 unspecified atom stereocenters. The Kier molecular flexibility index (Phi) is 2.43. The SMILES string of the molecule is C/C=C/CON1CC1C#N. The van der Waals surface area contributed by atoms with Crippen LogP contribution in [-0.2, 0) is 4.84 Å². The molecule has 1 heterocycles. The highest BCUT2D eigenvalue weighted by Gasteiger charge is 2.35. The van der Waals surface area contributed by atoms with Gasteiger partial charge >= 0.3 is 0 Å². The van der Waals surface area contributed by atoms with E-state index >= 15 is 0 Å². The quantitative estimate of drug-likeness (QED) is 0.425. The van der Waals surface area contributed by atoms with Gasteiger partial charge in [0.25, 0.3) is 0 Å². The summed E-state index contributed by atoms with van der Waals surface area (Å²) in [5.74, 6) is 0. The maximum Gasteiger partial charge on any atom is 0.137 e. The molecule has 0 spiro atoms. The molecule has 1 fully saturated rings. The maximum absolute atomic E-state index is 8.34. The number of nitrogens with zero attached hydrogens (tertiary/aromatic N) is 2. The fourth-order valence-corrected chi connectivity index (χ4v) is 0.606. The number of hydrogen-bond donors (Lipinski definition) is 0. The third-order valence-corrected chi connectivity index (χ3v) is 1.29. The van der Waals surface area contributed by atoms with Crippen LogP contribution < -0.4 is 0 Å². The Morgan fingerprint density at radius 3 is 3.20 bits per heavy atom. The molecule has 0 radical (unpaired) electrons. The fourth-order valence-electron chi connectivity index (χ4n) is 0.606. The lowest BCUT2D eigenvalue weighted by atomic mass is 10.5. The van der Waals surface area contributed by atoms with Crippen LogP contribution in [0.5, 0.6) is 0 Å². The number of allylic oxidation sites excluding steroid dienone is 1. The van der Waals surface area contributed by atoms with Crippen LogP contribution in [0.25, 0.3) is 0 Å². The van der Waals surface area contributed by atoms with Crippen molar-refractivity contribution in [3.05, 3.63) is 12.2 Å². The van der Waals surface area contributed by atoms with E-state index in [2.05, 4.69) is 6.07 Å². The molecule has 0 saturated carbocycles. The molecule has 1 saturated heterocycles. The molecule has 10 heavy (non-hydrogen) atoms. The van der Waals surface area contributed by atoms with E-state index in [9.17, 15) is 0 Å². The molecule has 0 amide bonds. The predicted octanol–water partition coefficient (Wildman–Crippen LogP) is 0.702. The van der Waals surface area contributed by atoms with E-state index in [4.69, 9.17) is 10.1 Å². The summed E-state index contributed by atoms with van der Waals surface area (Å²) in [5.41, 5.74) is 0. The van der Waals surface area contributed by atoms with Gasteiger partial charge in [-0.3, -0.25) is 4.84 Å². The molecule has 0 aliphatic carbocycles. The summed E-state index contributed by atoms with van der Waals surface area (Å²) in [6.45, 7) is 3.27. The van der Waals surface area contributed by atoms with Gasteiger partial charge in [0.15, 0.2) is 0 Å². The molecule has 0 aromatic heterocycles. The molecule has 3 nitrogen and oxygen atoms in total. The van der Waals surface area contributed by atoms with Gasteiger partial charge in [-0.15, -0.1) is 0 Å². The maximum atomic E-state index is 8.34. The topological polar surface area (TPSA) is 36.0 Å². The molecule has 1 aliphatic heterocycles. The van der Waals surface area contributed by atoms with Crippen molar-refractivity contribution in [3.8, 4) is 6.07 Å². The van der Waals surface area contributed by atoms with Gasteiger partial charge in [-0.1, -0.05) is 12.2 Å². The van der Waals surface area contributed by atoms with E-state index in [1.54, 1.807) is 5.06 Å². The van der Waals surface area contributed by atoms with Gasteiger partial charge in [-0.05, 0) is 6.92 Å².